The van der Waals surface area contributed by atoms with Crippen molar-refractivity contribution < 1.29 is 36.4 Å². The molecule has 0 aromatic heterocycles. The van der Waals surface area contributed by atoms with Gasteiger partial charge in [0.2, 0.25) is 0 Å². The number of aliphatic hydroxyl groups is 1. The zero-order valence-corrected chi connectivity index (χ0v) is 5.48. The van der Waals surface area contributed by atoms with Gasteiger partial charge in [-0.1, -0.05) is 0 Å². The molecule has 10 heteroatoms. The van der Waals surface area contributed by atoms with Crippen molar-refractivity contribution in [3.05, 3.63) is 10.1 Å². The van der Waals surface area contributed by atoms with E-state index in [9.17, 15) is 36.5 Å². The largest absolute Gasteiger partial charge is 0.548 e. The van der Waals surface area contributed by atoms with Gasteiger partial charge in [-0.15, -0.1) is 4.39 Å². The lowest BCUT2D eigenvalue weighted by Gasteiger charge is -2.22. The Bertz CT molecular complexity index is 222. The zero-order valence-electron chi connectivity index (χ0n) is 5.48. The van der Waals surface area contributed by atoms with Crippen LogP contribution in [0.4, 0.5) is 26.3 Å². The van der Waals surface area contributed by atoms with Gasteiger partial charge < -0.3 is 0 Å². The lowest BCUT2D eigenvalue weighted by atomic mass is 10.2. The Morgan fingerprint density at radius 2 is 1.38 bits per heavy atom. The fraction of sp³-hybridized carbons (Fsp3) is 1.00. The summed E-state index contributed by atoms with van der Waals surface area (Å²) < 4.78 is 69.1. The Morgan fingerprint density at radius 3 is 1.46 bits per heavy atom. The topological polar surface area (TPSA) is 63.4 Å². The maximum atomic E-state index is 11.9. The fourth-order valence-corrected chi connectivity index (χ4v) is 0.295. The molecule has 0 bridgehead atoms. The Hall–Kier alpha value is -1.06. The summed E-state index contributed by atoms with van der Waals surface area (Å²) in [6.45, 7) is 0. The average Bonchev–Trinajstić information content (AvgIpc) is 1.84. The molecular formula is C3HF6NO3. The summed E-state index contributed by atoms with van der Waals surface area (Å²) in [6.07, 6.45) is -6.54. The first-order valence-electron chi connectivity index (χ1n) is 2.45. The average molecular weight is 213 g/mol. The third-order valence-corrected chi connectivity index (χ3v) is 0.997. The number of halogens is 6. The molecular weight excluding hydrogens is 212 g/mol. The van der Waals surface area contributed by atoms with E-state index in [1.807, 2.05) is 0 Å². The van der Waals surface area contributed by atoms with Crippen LogP contribution in [0.2, 0.25) is 0 Å². The van der Waals surface area contributed by atoms with Crippen molar-refractivity contribution >= 4 is 0 Å². The zero-order chi connectivity index (χ0) is 11.1. The van der Waals surface area contributed by atoms with E-state index in [-0.39, 0.29) is 0 Å². The highest BCUT2D eigenvalue weighted by molar-refractivity contribution is 4.83. The van der Waals surface area contributed by atoms with Crippen molar-refractivity contribution in [2.24, 2.45) is 0 Å². The van der Waals surface area contributed by atoms with Crippen molar-refractivity contribution in [3.63, 3.8) is 0 Å². The molecule has 0 aliphatic carbocycles. The number of nitrogens with zero attached hydrogens (tertiary/aromatic N) is 1. The molecule has 0 aliphatic rings. The second-order valence-electron chi connectivity index (χ2n) is 1.92. The van der Waals surface area contributed by atoms with E-state index < -0.39 is 23.0 Å². The van der Waals surface area contributed by atoms with Crippen LogP contribution in [0.5, 0.6) is 0 Å². The number of hydrogen-bond donors (Lipinski definition) is 1. The highest BCUT2D eigenvalue weighted by Crippen LogP contribution is 2.44. The van der Waals surface area contributed by atoms with Crippen LogP contribution in [0.25, 0.3) is 0 Å². The van der Waals surface area contributed by atoms with Gasteiger partial charge >= 0.3 is 18.1 Å². The Morgan fingerprint density at radius 1 is 1.08 bits per heavy atom. The van der Waals surface area contributed by atoms with Crippen LogP contribution in [-0.4, -0.2) is 28.1 Å². The molecule has 0 aromatic rings. The molecule has 4 nitrogen and oxygen atoms in total. The van der Waals surface area contributed by atoms with Crippen LogP contribution >= 0.6 is 0 Å². The molecule has 0 aromatic carbocycles. The first-order valence-corrected chi connectivity index (χ1v) is 2.45. The summed E-state index contributed by atoms with van der Waals surface area (Å²) in [5.41, 5.74) is 0. The number of nitro groups is 1. The van der Waals surface area contributed by atoms with Gasteiger partial charge in [0.1, 0.15) is 0 Å². The summed E-state index contributed by atoms with van der Waals surface area (Å²) in [6, 6.07) is 0. The molecule has 0 amide bonds. The van der Waals surface area contributed by atoms with Gasteiger partial charge in [-0.3, -0.25) is 15.2 Å². The maximum Gasteiger partial charge on any atom is 0.548 e. The maximum absolute atomic E-state index is 11.9. The predicted molar refractivity (Wildman–Crippen MR) is 24.1 cm³/mol. The van der Waals surface area contributed by atoms with E-state index in [0.29, 0.717) is 0 Å². The molecule has 13 heavy (non-hydrogen) atoms. The van der Waals surface area contributed by atoms with Gasteiger partial charge in [0.25, 0.3) is 0 Å². The van der Waals surface area contributed by atoms with Gasteiger partial charge in [-0.25, -0.2) is 0 Å². The molecule has 0 spiro atoms. The quantitative estimate of drug-likeness (QED) is 0.245. The van der Waals surface area contributed by atoms with Gasteiger partial charge in [-0.2, -0.15) is 22.0 Å². The Kier molecular flexibility index (Phi) is 2.50. The monoisotopic (exact) mass is 213 g/mol. The van der Waals surface area contributed by atoms with Crippen LogP contribution in [-0.2, 0) is 0 Å². The number of alkyl halides is 6. The first kappa shape index (κ1) is 11.9. The molecule has 78 valence electrons. The highest BCUT2D eigenvalue weighted by Gasteiger charge is 2.80. The minimum absolute atomic E-state index is 2.76. The number of hydrogen-bond acceptors (Lipinski definition) is 3. The lowest BCUT2D eigenvalue weighted by molar-refractivity contribution is -0.705. The van der Waals surface area contributed by atoms with Crippen molar-refractivity contribution in [1.82, 2.24) is 0 Å². The minimum Gasteiger partial charge on any atom is -0.297 e. The summed E-state index contributed by atoms with van der Waals surface area (Å²) >= 11 is 0. The molecule has 1 atom stereocenters. The third kappa shape index (κ3) is 1.66. The summed E-state index contributed by atoms with van der Waals surface area (Å²) in [5, 5.41) is 16.9. The molecule has 0 heterocycles. The molecule has 1 unspecified atom stereocenters. The van der Waals surface area contributed by atoms with Crippen LogP contribution in [0.3, 0.4) is 0 Å². The third-order valence-electron chi connectivity index (χ3n) is 0.997. The van der Waals surface area contributed by atoms with Crippen LogP contribution < -0.4 is 0 Å². The van der Waals surface area contributed by atoms with Crippen molar-refractivity contribution in [2.45, 2.75) is 18.1 Å². The summed E-state index contributed by atoms with van der Waals surface area (Å²) in [5.74, 6) is -12.3. The van der Waals surface area contributed by atoms with Crippen molar-refractivity contribution in [3.8, 4) is 0 Å². The SMILES string of the molecule is O=[N+]([O-])C(O)(F)C(F)(F)C(F)(F)F. The van der Waals surface area contributed by atoms with Gasteiger partial charge in [0.05, 0.1) is 4.92 Å². The minimum atomic E-state index is -6.54. The smallest absolute Gasteiger partial charge is 0.297 e. The first-order chi connectivity index (χ1) is 5.44. The number of rotatable bonds is 2. The molecule has 0 aliphatic heterocycles. The second-order valence-corrected chi connectivity index (χ2v) is 1.92. The molecule has 0 saturated heterocycles. The predicted octanol–water partition coefficient (Wildman–Crippen LogP) is 1.08. The Labute approximate surface area is 65.9 Å². The normalized spacial score (nSPS) is 18.1. The van der Waals surface area contributed by atoms with Gasteiger partial charge in [0.15, 0.2) is 0 Å². The van der Waals surface area contributed by atoms with E-state index >= 15 is 0 Å². The summed E-state index contributed by atoms with van der Waals surface area (Å²) in [7, 11) is 0. The molecule has 0 saturated carbocycles. The van der Waals surface area contributed by atoms with Crippen LogP contribution in [0, 0.1) is 10.1 Å². The Balaban J connectivity index is 5.16. The molecule has 0 fully saturated rings. The van der Waals surface area contributed by atoms with E-state index in [1.54, 1.807) is 0 Å². The van der Waals surface area contributed by atoms with Crippen LogP contribution in [0.1, 0.15) is 0 Å². The standard InChI is InChI=1S/C3HF6NO3/c4-1(5,2(6,7)8)3(9,11)10(12)13/h11H. The van der Waals surface area contributed by atoms with Crippen molar-refractivity contribution in [2.75, 3.05) is 0 Å². The van der Waals surface area contributed by atoms with Gasteiger partial charge in [-0.05, 0) is 0 Å². The molecule has 1 N–H and O–H groups in total. The fourth-order valence-electron chi connectivity index (χ4n) is 0.295. The van der Waals surface area contributed by atoms with Crippen LogP contribution in [0.15, 0.2) is 0 Å². The van der Waals surface area contributed by atoms with E-state index in [1.165, 1.54) is 0 Å². The highest BCUT2D eigenvalue weighted by atomic mass is 19.4. The lowest BCUT2D eigenvalue weighted by Crippen LogP contribution is -2.58. The van der Waals surface area contributed by atoms with Crippen molar-refractivity contribution in [1.29, 1.82) is 0 Å². The van der Waals surface area contributed by atoms with E-state index in [0.717, 1.165) is 0 Å². The van der Waals surface area contributed by atoms with E-state index in [2.05, 4.69) is 0 Å². The van der Waals surface area contributed by atoms with E-state index in [4.69, 9.17) is 5.11 Å². The molecule has 0 rings (SSSR count). The second kappa shape index (κ2) is 2.72. The molecule has 0 radical (unpaired) electrons. The van der Waals surface area contributed by atoms with Gasteiger partial charge in [0, 0.05) is 0 Å². The summed E-state index contributed by atoms with van der Waals surface area (Å²) in [4.78, 5) is 6.55.